The molecule has 0 radical (unpaired) electrons. The van der Waals surface area contributed by atoms with E-state index >= 15 is 0 Å². The van der Waals surface area contributed by atoms with Gasteiger partial charge >= 0.3 is 6.09 Å². The Hall–Kier alpha value is -2.02. The fourth-order valence-corrected chi connectivity index (χ4v) is 1.33. The van der Waals surface area contributed by atoms with Crippen LogP contribution in [0, 0.1) is 18.3 Å². The van der Waals surface area contributed by atoms with Gasteiger partial charge in [0.25, 0.3) is 0 Å². The molecule has 0 aliphatic heterocycles. The molecule has 0 aliphatic rings. The normalized spacial score (nSPS) is 10.5. The molecule has 17 heavy (non-hydrogen) atoms. The Morgan fingerprint density at radius 2 is 2.06 bits per heavy atom. The van der Waals surface area contributed by atoms with Crippen molar-refractivity contribution >= 4 is 11.8 Å². The summed E-state index contributed by atoms with van der Waals surface area (Å²) in [4.78, 5) is 11.6. The van der Waals surface area contributed by atoms with Gasteiger partial charge in [-0.05, 0) is 39.3 Å². The van der Waals surface area contributed by atoms with Gasteiger partial charge in [0, 0.05) is 0 Å². The summed E-state index contributed by atoms with van der Waals surface area (Å²) in [7, 11) is 0. The van der Waals surface area contributed by atoms with Crippen LogP contribution in [0.4, 0.5) is 10.5 Å². The minimum absolute atomic E-state index is 0.457. The van der Waals surface area contributed by atoms with Crippen molar-refractivity contribution in [3.05, 3.63) is 29.3 Å². The quantitative estimate of drug-likeness (QED) is 0.808. The predicted octanol–water partition coefficient (Wildman–Crippen LogP) is 3.21. The number of rotatable bonds is 1. The summed E-state index contributed by atoms with van der Waals surface area (Å²) >= 11 is 0. The van der Waals surface area contributed by atoms with Gasteiger partial charge in [0.2, 0.25) is 0 Å². The minimum Gasteiger partial charge on any atom is -0.444 e. The number of anilines is 1. The highest BCUT2D eigenvalue weighted by atomic mass is 16.6. The number of carbonyl (C=O) groups excluding carboxylic acids is 1. The van der Waals surface area contributed by atoms with Crippen LogP contribution in [0.5, 0.6) is 0 Å². The van der Waals surface area contributed by atoms with E-state index in [1.807, 2.05) is 13.0 Å². The van der Waals surface area contributed by atoms with Gasteiger partial charge in [-0.1, -0.05) is 12.1 Å². The number of nitrogens with one attached hydrogen (secondary N) is 1. The van der Waals surface area contributed by atoms with E-state index in [0.717, 1.165) is 5.56 Å². The molecule has 0 unspecified atom stereocenters. The summed E-state index contributed by atoms with van der Waals surface area (Å²) in [5, 5.41) is 11.6. The molecule has 0 saturated heterocycles. The minimum atomic E-state index is -0.556. The van der Waals surface area contributed by atoms with Crippen LogP contribution in [0.2, 0.25) is 0 Å². The molecule has 1 amide bonds. The zero-order valence-corrected chi connectivity index (χ0v) is 10.5. The molecule has 1 aromatic rings. The number of nitriles is 1. The molecule has 0 spiro atoms. The molecule has 0 saturated carbocycles. The van der Waals surface area contributed by atoms with E-state index in [-0.39, 0.29) is 0 Å². The molecular weight excluding hydrogens is 216 g/mol. The monoisotopic (exact) mass is 232 g/mol. The van der Waals surface area contributed by atoms with Gasteiger partial charge in [0.05, 0.1) is 11.3 Å². The number of ether oxygens (including phenoxy) is 1. The van der Waals surface area contributed by atoms with E-state index in [2.05, 4.69) is 11.4 Å². The van der Waals surface area contributed by atoms with Gasteiger partial charge in [-0.25, -0.2) is 4.79 Å². The van der Waals surface area contributed by atoms with Crippen LogP contribution in [0.1, 0.15) is 31.9 Å². The lowest BCUT2D eigenvalue weighted by molar-refractivity contribution is 0.0636. The molecule has 1 aromatic carbocycles. The van der Waals surface area contributed by atoms with Crippen molar-refractivity contribution in [1.82, 2.24) is 0 Å². The van der Waals surface area contributed by atoms with Crippen LogP contribution in [0.25, 0.3) is 0 Å². The zero-order chi connectivity index (χ0) is 13.1. The van der Waals surface area contributed by atoms with E-state index in [1.54, 1.807) is 32.9 Å². The van der Waals surface area contributed by atoms with E-state index in [4.69, 9.17) is 10.00 Å². The topological polar surface area (TPSA) is 62.1 Å². The second kappa shape index (κ2) is 4.88. The Balaban J connectivity index is 2.87. The van der Waals surface area contributed by atoms with Crippen LogP contribution in [0.3, 0.4) is 0 Å². The van der Waals surface area contributed by atoms with E-state index < -0.39 is 11.7 Å². The standard InChI is InChI=1S/C13H16N2O2/c1-9-6-5-7-11(10(9)8-14)15-12(16)17-13(2,3)4/h5-7H,1-4H3,(H,15,16). The fourth-order valence-electron chi connectivity index (χ4n) is 1.33. The molecule has 1 N–H and O–H groups in total. The molecule has 4 nitrogen and oxygen atoms in total. The van der Waals surface area contributed by atoms with Gasteiger partial charge in [0.15, 0.2) is 0 Å². The Morgan fingerprint density at radius 1 is 1.41 bits per heavy atom. The van der Waals surface area contributed by atoms with Crippen molar-refractivity contribution in [3.63, 3.8) is 0 Å². The molecule has 0 fully saturated rings. The second-order valence-electron chi connectivity index (χ2n) is 4.74. The first kappa shape index (κ1) is 13.0. The average Bonchev–Trinajstić information content (AvgIpc) is 2.14. The number of aryl methyl sites for hydroxylation is 1. The maximum atomic E-state index is 11.6. The number of benzene rings is 1. The van der Waals surface area contributed by atoms with Crippen LogP contribution in [-0.4, -0.2) is 11.7 Å². The van der Waals surface area contributed by atoms with Gasteiger partial charge in [-0.15, -0.1) is 0 Å². The average molecular weight is 232 g/mol. The zero-order valence-electron chi connectivity index (χ0n) is 10.5. The van der Waals surface area contributed by atoms with E-state index in [0.29, 0.717) is 11.3 Å². The third kappa shape index (κ3) is 3.80. The number of carbonyl (C=O) groups is 1. The van der Waals surface area contributed by atoms with Crippen molar-refractivity contribution in [1.29, 1.82) is 5.26 Å². The van der Waals surface area contributed by atoms with E-state index in [9.17, 15) is 4.79 Å². The van der Waals surface area contributed by atoms with Gasteiger partial charge in [-0.3, -0.25) is 5.32 Å². The molecule has 4 heteroatoms. The van der Waals surface area contributed by atoms with Crippen LogP contribution in [0.15, 0.2) is 18.2 Å². The first-order valence-corrected chi connectivity index (χ1v) is 5.33. The molecule has 1 rings (SSSR count). The molecule has 0 aliphatic carbocycles. The van der Waals surface area contributed by atoms with Crippen LogP contribution >= 0.6 is 0 Å². The molecule has 90 valence electrons. The van der Waals surface area contributed by atoms with Gasteiger partial charge < -0.3 is 4.74 Å². The Morgan fingerprint density at radius 3 is 2.59 bits per heavy atom. The summed E-state index contributed by atoms with van der Waals surface area (Å²) < 4.78 is 5.12. The number of amides is 1. The summed E-state index contributed by atoms with van der Waals surface area (Å²) in [6, 6.07) is 7.34. The van der Waals surface area contributed by atoms with Crippen LogP contribution < -0.4 is 5.32 Å². The second-order valence-corrected chi connectivity index (χ2v) is 4.74. The highest BCUT2D eigenvalue weighted by Gasteiger charge is 2.17. The molecular formula is C13H16N2O2. The lowest BCUT2D eigenvalue weighted by atomic mass is 10.1. The van der Waals surface area contributed by atoms with Crippen molar-refractivity contribution in [2.24, 2.45) is 0 Å². The third-order valence-corrected chi connectivity index (χ3v) is 2.02. The first-order valence-electron chi connectivity index (χ1n) is 5.33. The Bertz CT molecular complexity index is 467. The number of hydrogen-bond acceptors (Lipinski definition) is 3. The number of nitrogens with zero attached hydrogens (tertiary/aromatic N) is 1. The summed E-state index contributed by atoms with van der Waals surface area (Å²) in [5.41, 5.74) is 1.20. The highest BCUT2D eigenvalue weighted by molar-refractivity contribution is 5.87. The predicted molar refractivity (Wildman–Crippen MR) is 65.8 cm³/mol. The SMILES string of the molecule is Cc1cccc(NC(=O)OC(C)(C)C)c1C#N. The van der Waals surface area contributed by atoms with Crippen molar-refractivity contribution < 1.29 is 9.53 Å². The fraction of sp³-hybridized carbons (Fsp3) is 0.385. The number of hydrogen-bond donors (Lipinski definition) is 1. The molecule has 0 heterocycles. The van der Waals surface area contributed by atoms with Gasteiger partial charge in [-0.2, -0.15) is 5.26 Å². The maximum Gasteiger partial charge on any atom is 0.412 e. The largest absolute Gasteiger partial charge is 0.444 e. The summed E-state index contributed by atoms with van der Waals surface area (Å²) in [6.07, 6.45) is -0.556. The van der Waals surface area contributed by atoms with Crippen LogP contribution in [-0.2, 0) is 4.74 Å². The van der Waals surface area contributed by atoms with Crippen molar-refractivity contribution in [2.45, 2.75) is 33.3 Å². The first-order chi connectivity index (χ1) is 7.83. The molecule has 0 aromatic heterocycles. The molecule has 0 bridgehead atoms. The lowest BCUT2D eigenvalue weighted by Gasteiger charge is -2.20. The Kier molecular flexibility index (Phi) is 3.74. The van der Waals surface area contributed by atoms with Crippen molar-refractivity contribution in [3.8, 4) is 6.07 Å². The lowest BCUT2D eigenvalue weighted by Crippen LogP contribution is -2.27. The third-order valence-electron chi connectivity index (χ3n) is 2.02. The van der Waals surface area contributed by atoms with E-state index in [1.165, 1.54) is 0 Å². The highest BCUT2D eigenvalue weighted by Crippen LogP contribution is 2.19. The Labute approximate surface area is 101 Å². The molecule has 0 atom stereocenters. The van der Waals surface area contributed by atoms with Gasteiger partial charge in [0.1, 0.15) is 11.7 Å². The maximum absolute atomic E-state index is 11.6. The summed E-state index contributed by atoms with van der Waals surface area (Å²) in [5.74, 6) is 0. The summed E-state index contributed by atoms with van der Waals surface area (Å²) in [6.45, 7) is 7.18. The smallest absolute Gasteiger partial charge is 0.412 e. The van der Waals surface area contributed by atoms with Crippen molar-refractivity contribution in [2.75, 3.05) is 5.32 Å².